The highest BCUT2D eigenvalue weighted by Gasteiger charge is 2.50. The van der Waals surface area contributed by atoms with Gasteiger partial charge in [-0.2, -0.15) is 0 Å². The summed E-state index contributed by atoms with van der Waals surface area (Å²) in [6.07, 6.45) is 7.99. The van der Waals surface area contributed by atoms with Gasteiger partial charge in [-0.25, -0.2) is 4.79 Å². The SMILES string of the molecule is CN(C(=O)c1ccc2c(C3CCCCC3)c3n(c2c1)CCOc1ccccc1-3)C1(C(=O)O)CCC1. The lowest BCUT2D eigenvalue weighted by Gasteiger charge is -2.44. The number of hydrogen-bond donors (Lipinski definition) is 1. The summed E-state index contributed by atoms with van der Waals surface area (Å²) in [5, 5.41) is 11.0. The number of carboxylic acid groups (broad SMARTS) is 1. The fourth-order valence-electron chi connectivity index (χ4n) is 6.46. The Morgan fingerprint density at radius 1 is 1.06 bits per heavy atom. The molecule has 2 saturated carbocycles. The molecule has 1 N–H and O–H groups in total. The molecule has 182 valence electrons. The summed E-state index contributed by atoms with van der Waals surface area (Å²) < 4.78 is 8.46. The van der Waals surface area contributed by atoms with Crippen molar-refractivity contribution in [2.45, 2.75) is 69.4 Å². The highest BCUT2D eigenvalue weighted by molar-refractivity contribution is 6.03. The van der Waals surface area contributed by atoms with E-state index >= 15 is 0 Å². The van der Waals surface area contributed by atoms with Crippen LogP contribution in [0.4, 0.5) is 0 Å². The minimum atomic E-state index is -1.08. The Labute approximate surface area is 205 Å². The molecule has 2 fully saturated rings. The van der Waals surface area contributed by atoms with Crippen LogP contribution in [0.3, 0.4) is 0 Å². The van der Waals surface area contributed by atoms with Crippen LogP contribution < -0.4 is 4.74 Å². The summed E-state index contributed by atoms with van der Waals surface area (Å²) >= 11 is 0. The fourth-order valence-corrected chi connectivity index (χ4v) is 6.46. The molecule has 2 aliphatic carbocycles. The average molecular weight is 473 g/mol. The van der Waals surface area contributed by atoms with Crippen molar-refractivity contribution in [1.29, 1.82) is 0 Å². The number of hydrogen-bond acceptors (Lipinski definition) is 3. The van der Waals surface area contributed by atoms with Gasteiger partial charge < -0.3 is 19.3 Å². The number of ether oxygens (including phenoxy) is 1. The van der Waals surface area contributed by atoms with E-state index in [0.717, 1.165) is 23.3 Å². The van der Waals surface area contributed by atoms with E-state index in [1.165, 1.54) is 53.6 Å². The molecule has 0 atom stereocenters. The Morgan fingerprint density at radius 3 is 2.54 bits per heavy atom. The molecule has 3 aromatic rings. The van der Waals surface area contributed by atoms with Gasteiger partial charge in [-0.3, -0.25) is 4.79 Å². The number of carboxylic acids is 1. The van der Waals surface area contributed by atoms with Crippen molar-refractivity contribution in [3.05, 3.63) is 53.6 Å². The second-order valence-corrected chi connectivity index (χ2v) is 10.4. The monoisotopic (exact) mass is 472 g/mol. The first-order chi connectivity index (χ1) is 17.0. The van der Waals surface area contributed by atoms with Crippen molar-refractivity contribution >= 4 is 22.8 Å². The largest absolute Gasteiger partial charge is 0.491 e. The zero-order valence-electron chi connectivity index (χ0n) is 20.3. The van der Waals surface area contributed by atoms with E-state index in [1.54, 1.807) is 7.05 Å². The highest BCUT2D eigenvalue weighted by atomic mass is 16.5. The van der Waals surface area contributed by atoms with Gasteiger partial charge in [0.2, 0.25) is 0 Å². The van der Waals surface area contributed by atoms with Crippen molar-refractivity contribution in [3.8, 4) is 17.0 Å². The standard InChI is InChI=1S/C29H32N2O4/c1-30(29(28(33)34)14-7-15-29)27(32)20-12-13-21-23(18-20)31-16-17-35-24-11-6-5-10-22(24)26(31)25(21)19-8-3-2-4-9-19/h5-6,10-13,18-19H,2-4,7-9,14-17H2,1H3,(H,33,34). The van der Waals surface area contributed by atoms with Gasteiger partial charge in [-0.1, -0.05) is 37.5 Å². The third-order valence-electron chi connectivity index (χ3n) is 8.60. The number of aromatic nitrogens is 1. The Balaban J connectivity index is 1.51. The van der Waals surface area contributed by atoms with E-state index < -0.39 is 11.5 Å². The van der Waals surface area contributed by atoms with Gasteiger partial charge in [0.15, 0.2) is 0 Å². The van der Waals surface area contributed by atoms with Crippen LogP contribution >= 0.6 is 0 Å². The number of rotatable bonds is 4. The molecule has 2 heterocycles. The zero-order valence-corrected chi connectivity index (χ0v) is 20.3. The lowest BCUT2D eigenvalue weighted by molar-refractivity contribution is -0.154. The number of carbonyl (C=O) groups is 2. The summed E-state index contributed by atoms with van der Waals surface area (Å²) in [5.74, 6) is 0.262. The summed E-state index contributed by atoms with van der Waals surface area (Å²) in [7, 11) is 1.63. The van der Waals surface area contributed by atoms with Crippen LogP contribution in [0.5, 0.6) is 5.75 Å². The minimum Gasteiger partial charge on any atom is -0.491 e. The topological polar surface area (TPSA) is 71.8 Å². The minimum absolute atomic E-state index is 0.228. The maximum atomic E-state index is 13.5. The first-order valence-electron chi connectivity index (χ1n) is 12.9. The van der Waals surface area contributed by atoms with Crippen LogP contribution in [-0.4, -0.2) is 45.6 Å². The molecule has 6 nitrogen and oxygen atoms in total. The summed E-state index contributed by atoms with van der Waals surface area (Å²) in [5.41, 5.74) is 4.22. The van der Waals surface area contributed by atoms with Crippen molar-refractivity contribution in [1.82, 2.24) is 9.47 Å². The van der Waals surface area contributed by atoms with Crippen LogP contribution in [0, 0.1) is 0 Å². The molecule has 0 saturated heterocycles. The predicted octanol–water partition coefficient (Wildman–Crippen LogP) is 5.83. The summed E-state index contributed by atoms with van der Waals surface area (Å²) in [6, 6.07) is 14.2. The maximum absolute atomic E-state index is 13.5. The van der Waals surface area contributed by atoms with Crippen LogP contribution in [0.15, 0.2) is 42.5 Å². The van der Waals surface area contributed by atoms with E-state index in [0.29, 0.717) is 37.5 Å². The van der Waals surface area contributed by atoms with E-state index in [-0.39, 0.29) is 5.91 Å². The summed E-state index contributed by atoms with van der Waals surface area (Å²) in [4.78, 5) is 27.0. The Hall–Kier alpha value is -3.28. The van der Waals surface area contributed by atoms with E-state index in [1.807, 2.05) is 24.3 Å². The van der Waals surface area contributed by atoms with Crippen LogP contribution in [0.25, 0.3) is 22.2 Å². The molecule has 35 heavy (non-hydrogen) atoms. The van der Waals surface area contributed by atoms with Gasteiger partial charge >= 0.3 is 5.97 Å². The first kappa shape index (κ1) is 22.2. The molecule has 0 unspecified atom stereocenters. The third-order valence-corrected chi connectivity index (χ3v) is 8.60. The average Bonchev–Trinajstić information content (AvgIpc) is 3.04. The molecule has 0 bridgehead atoms. The number of para-hydroxylation sites is 1. The lowest BCUT2D eigenvalue weighted by atomic mass is 9.75. The maximum Gasteiger partial charge on any atom is 0.329 e. The quantitative estimate of drug-likeness (QED) is 0.519. The van der Waals surface area contributed by atoms with E-state index in [2.05, 4.69) is 22.8 Å². The van der Waals surface area contributed by atoms with E-state index in [9.17, 15) is 14.7 Å². The molecule has 1 aromatic heterocycles. The van der Waals surface area contributed by atoms with Crippen molar-refractivity contribution in [2.75, 3.05) is 13.7 Å². The van der Waals surface area contributed by atoms with Gasteiger partial charge in [-0.15, -0.1) is 0 Å². The number of fused-ring (bicyclic) bond motifs is 5. The molecular weight excluding hydrogens is 440 g/mol. The number of likely N-dealkylation sites (N-methyl/N-ethyl adjacent to an activating group) is 1. The van der Waals surface area contributed by atoms with E-state index in [4.69, 9.17) is 4.74 Å². The fraction of sp³-hybridized carbons (Fsp3) is 0.448. The highest BCUT2D eigenvalue weighted by Crippen LogP contribution is 2.47. The predicted molar refractivity (Wildman–Crippen MR) is 135 cm³/mol. The Bertz CT molecular complexity index is 1310. The number of nitrogens with zero attached hydrogens (tertiary/aromatic N) is 2. The summed E-state index contributed by atoms with van der Waals surface area (Å²) in [6.45, 7) is 1.28. The molecule has 6 heteroatoms. The smallest absolute Gasteiger partial charge is 0.329 e. The molecule has 0 radical (unpaired) electrons. The van der Waals surface area contributed by atoms with Crippen molar-refractivity contribution in [2.24, 2.45) is 0 Å². The molecule has 1 aliphatic heterocycles. The Morgan fingerprint density at radius 2 is 1.83 bits per heavy atom. The van der Waals surface area contributed by atoms with Gasteiger partial charge in [0, 0.05) is 29.1 Å². The van der Waals surface area contributed by atoms with Gasteiger partial charge in [-0.05, 0) is 67.9 Å². The van der Waals surface area contributed by atoms with Crippen molar-refractivity contribution < 1.29 is 19.4 Å². The first-order valence-corrected chi connectivity index (χ1v) is 12.9. The second-order valence-electron chi connectivity index (χ2n) is 10.4. The molecule has 1 amide bonds. The van der Waals surface area contributed by atoms with Crippen LogP contribution in [0.1, 0.15) is 73.2 Å². The van der Waals surface area contributed by atoms with Gasteiger partial charge in [0.05, 0.1) is 12.2 Å². The van der Waals surface area contributed by atoms with Crippen LogP contribution in [0.2, 0.25) is 0 Å². The molecule has 0 spiro atoms. The van der Waals surface area contributed by atoms with Gasteiger partial charge in [0.1, 0.15) is 17.9 Å². The van der Waals surface area contributed by atoms with Gasteiger partial charge in [0.25, 0.3) is 5.91 Å². The molecule has 3 aliphatic rings. The number of benzene rings is 2. The van der Waals surface area contributed by atoms with Crippen LogP contribution in [-0.2, 0) is 11.3 Å². The Kier molecular flexibility index (Phi) is 5.35. The molecule has 6 rings (SSSR count). The number of aliphatic carboxylic acids is 1. The normalized spacial score (nSPS) is 19.1. The number of amides is 1. The zero-order chi connectivity index (χ0) is 24.2. The molecule has 2 aromatic carbocycles. The third kappa shape index (κ3) is 3.37. The van der Waals surface area contributed by atoms with Crippen molar-refractivity contribution in [3.63, 3.8) is 0 Å². The molecular formula is C29H32N2O4. The lowest BCUT2D eigenvalue weighted by Crippen LogP contribution is -2.59. The number of carbonyl (C=O) groups excluding carboxylic acids is 1. The second kappa shape index (κ2) is 8.43.